The molecule has 4 nitrogen and oxygen atoms in total. The highest BCUT2D eigenvalue weighted by Crippen LogP contribution is 2.15. The number of ketones is 1. The third kappa shape index (κ3) is 2.08. The first-order valence-corrected chi connectivity index (χ1v) is 4.32. The molecule has 13 heavy (non-hydrogen) atoms. The maximum atomic E-state index is 11.2. The van der Waals surface area contributed by atoms with Gasteiger partial charge in [0, 0.05) is 13.1 Å². The summed E-state index contributed by atoms with van der Waals surface area (Å²) in [6.07, 6.45) is 1.59. The van der Waals surface area contributed by atoms with Crippen LogP contribution in [0.3, 0.4) is 0 Å². The van der Waals surface area contributed by atoms with Crippen molar-refractivity contribution >= 4 is 11.6 Å². The Morgan fingerprint density at radius 1 is 1.62 bits per heavy atom. The van der Waals surface area contributed by atoms with E-state index in [-0.39, 0.29) is 5.78 Å². The van der Waals surface area contributed by atoms with Crippen molar-refractivity contribution < 1.29 is 4.79 Å². The third-order valence-corrected chi connectivity index (χ3v) is 1.74. The van der Waals surface area contributed by atoms with E-state index >= 15 is 0 Å². The van der Waals surface area contributed by atoms with E-state index in [0.717, 1.165) is 5.82 Å². The lowest BCUT2D eigenvalue weighted by Crippen LogP contribution is -2.15. The van der Waals surface area contributed by atoms with Crippen molar-refractivity contribution in [3.63, 3.8) is 0 Å². The Morgan fingerprint density at radius 2 is 2.23 bits per heavy atom. The van der Waals surface area contributed by atoms with Crippen LogP contribution in [-0.2, 0) is 7.05 Å². The summed E-state index contributed by atoms with van der Waals surface area (Å²) in [7, 11) is 1.82. The highest BCUT2D eigenvalue weighted by molar-refractivity contribution is 5.98. The standard InChI is InChI=1S/C9H15N3O/c1-6(2)11-9-8(7(3)13)5-10-12(9)4/h5-6,11H,1-4H3. The van der Waals surface area contributed by atoms with Crippen LogP contribution >= 0.6 is 0 Å². The summed E-state index contributed by atoms with van der Waals surface area (Å²) in [4.78, 5) is 11.2. The molecule has 0 saturated carbocycles. The summed E-state index contributed by atoms with van der Waals surface area (Å²) >= 11 is 0. The molecule has 4 heteroatoms. The quantitative estimate of drug-likeness (QED) is 0.718. The maximum Gasteiger partial charge on any atom is 0.165 e. The van der Waals surface area contributed by atoms with Gasteiger partial charge in [0.15, 0.2) is 5.78 Å². The molecule has 0 amide bonds. The minimum atomic E-state index is 0.0382. The van der Waals surface area contributed by atoms with Crippen LogP contribution in [0.4, 0.5) is 5.82 Å². The Hall–Kier alpha value is -1.32. The van der Waals surface area contributed by atoms with Gasteiger partial charge in [-0.25, -0.2) is 0 Å². The molecule has 0 fully saturated rings. The van der Waals surface area contributed by atoms with E-state index < -0.39 is 0 Å². The fourth-order valence-electron chi connectivity index (χ4n) is 1.14. The molecule has 0 radical (unpaired) electrons. The minimum Gasteiger partial charge on any atom is -0.368 e. The van der Waals surface area contributed by atoms with Crippen LogP contribution < -0.4 is 5.32 Å². The molecule has 0 aliphatic rings. The van der Waals surface area contributed by atoms with Crippen LogP contribution in [0.25, 0.3) is 0 Å². The van der Waals surface area contributed by atoms with Crippen molar-refractivity contribution in [3.8, 4) is 0 Å². The molecule has 72 valence electrons. The number of rotatable bonds is 3. The molecule has 1 heterocycles. The van der Waals surface area contributed by atoms with Crippen molar-refractivity contribution in [2.24, 2.45) is 7.05 Å². The maximum absolute atomic E-state index is 11.2. The third-order valence-electron chi connectivity index (χ3n) is 1.74. The number of hydrogen-bond acceptors (Lipinski definition) is 3. The van der Waals surface area contributed by atoms with Crippen molar-refractivity contribution in [2.75, 3.05) is 5.32 Å². The summed E-state index contributed by atoms with van der Waals surface area (Å²) in [5.41, 5.74) is 0.649. The van der Waals surface area contributed by atoms with Crippen molar-refractivity contribution in [2.45, 2.75) is 26.8 Å². The number of carbonyl (C=O) groups excluding carboxylic acids is 1. The van der Waals surface area contributed by atoms with Gasteiger partial charge in [0.25, 0.3) is 0 Å². The van der Waals surface area contributed by atoms with Crippen LogP contribution in [0, 0.1) is 0 Å². The second kappa shape index (κ2) is 3.60. The zero-order chi connectivity index (χ0) is 10.0. The Bertz CT molecular complexity index is 315. The van der Waals surface area contributed by atoms with Gasteiger partial charge in [0.2, 0.25) is 0 Å². The zero-order valence-corrected chi connectivity index (χ0v) is 8.46. The lowest BCUT2D eigenvalue weighted by molar-refractivity contribution is 0.101. The average Bonchev–Trinajstić information content (AvgIpc) is 2.32. The molecule has 0 aliphatic carbocycles. The normalized spacial score (nSPS) is 10.5. The van der Waals surface area contributed by atoms with Crippen LogP contribution in [-0.4, -0.2) is 21.6 Å². The van der Waals surface area contributed by atoms with Crippen LogP contribution in [0.5, 0.6) is 0 Å². The van der Waals surface area contributed by atoms with Gasteiger partial charge in [-0.3, -0.25) is 9.48 Å². The smallest absolute Gasteiger partial charge is 0.165 e. The molecule has 1 N–H and O–H groups in total. The van der Waals surface area contributed by atoms with Gasteiger partial charge >= 0.3 is 0 Å². The first kappa shape index (κ1) is 9.77. The second-order valence-corrected chi connectivity index (χ2v) is 3.39. The lowest BCUT2D eigenvalue weighted by Gasteiger charge is -2.11. The topological polar surface area (TPSA) is 46.9 Å². The van der Waals surface area contributed by atoms with Gasteiger partial charge in [-0.15, -0.1) is 0 Å². The highest BCUT2D eigenvalue weighted by Gasteiger charge is 2.12. The lowest BCUT2D eigenvalue weighted by atomic mass is 10.2. The number of hydrogen-bond donors (Lipinski definition) is 1. The largest absolute Gasteiger partial charge is 0.368 e. The average molecular weight is 181 g/mol. The SMILES string of the molecule is CC(=O)c1cnn(C)c1NC(C)C. The molecule has 0 unspecified atom stereocenters. The summed E-state index contributed by atoms with van der Waals surface area (Å²) in [6, 6.07) is 0.300. The van der Waals surface area contributed by atoms with Crippen LogP contribution in [0.2, 0.25) is 0 Å². The van der Waals surface area contributed by atoms with E-state index in [2.05, 4.69) is 10.4 Å². The van der Waals surface area contributed by atoms with E-state index in [1.54, 1.807) is 17.8 Å². The molecular weight excluding hydrogens is 166 g/mol. The van der Waals surface area contributed by atoms with E-state index in [1.165, 1.54) is 0 Å². The van der Waals surface area contributed by atoms with E-state index in [0.29, 0.717) is 11.6 Å². The molecule has 0 spiro atoms. The van der Waals surface area contributed by atoms with Gasteiger partial charge in [-0.1, -0.05) is 0 Å². The van der Waals surface area contributed by atoms with Crippen molar-refractivity contribution in [3.05, 3.63) is 11.8 Å². The van der Waals surface area contributed by atoms with Gasteiger partial charge in [0.1, 0.15) is 5.82 Å². The van der Waals surface area contributed by atoms with Crippen LogP contribution in [0.15, 0.2) is 6.20 Å². The highest BCUT2D eigenvalue weighted by atomic mass is 16.1. The number of anilines is 1. The molecule has 1 aromatic heterocycles. The fourth-order valence-corrected chi connectivity index (χ4v) is 1.14. The van der Waals surface area contributed by atoms with Crippen molar-refractivity contribution in [1.29, 1.82) is 0 Å². The summed E-state index contributed by atoms with van der Waals surface area (Å²) in [5, 5.41) is 7.21. The van der Waals surface area contributed by atoms with Crippen LogP contribution in [0.1, 0.15) is 31.1 Å². The molecule has 0 bridgehead atoms. The summed E-state index contributed by atoms with van der Waals surface area (Å²) in [5.74, 6) is 0.832. The molecule has 1 aromatic rings. The predicted molar refractivity (Wildman–Crippen MR) is 52.0 cm³/mol. The second-order valence-electron chi connectivity index (χ2n) is 3.39. The van der Waals surface area contributed by atoms with Gasteiger partial charge in [0.05, 0.1) is 11.8 Å². The Morgan fingerprint density at radius 3 is 2.69 bits per heavy atom. The molecular formula is C9H15N3O. The number of carbonyl (C=O) groups is 1. The predicted octanol–water partition coefficient (Wildman–Crippen LogP) is 1.44. The number of Topliss-reactive ketones (excluding diaryl/α,β-unsaturated/α-hetero) is 1. The molecule has 0 aromatic carbocycles. The van der Waals surface area contributed by atoms with E-state index in [4.69, 9.17) is 0 Å². The van der Waals surface area contributed by atoms with E-state index in [1.807, 2.05) is 20.9 Å². The Labute approximate surface area is 77.9 Å². The summed E-state index contributed by atoms with van der Waals surface area (Å²) < 4.78 is 1.68. The number of nitrogens with zero attached hydrogens (tertiary/aromatic N) is 2. The first-order chi connectivity index (χ1) is 6.02. The number of aromatic nitrogens is 2. The molecule has 0 saturated heterocycles. The molecule has 0 atom stereocenters. The monoisotopic (exact) mass is 181 g/mol. The van der Waals surface area contributed by atoms with Gasteiger partial charge in [-0.2, -0.15) is 5.10 Å². The summed E-state index contributed by atoms with van der Waals surface area (Å²) in [6.45, 7) is 5.59. The molecule has 0 aliphatic heterocycles. The first-order valence-electron chi connectivity index (χ1n) is 4.32. The van der Waals surface area contributed by atoms with Gasteiger partial charge in [-0.05, 0) is 20.8 Å². The Balaban J connectivity index is 3.01. The fraction of sp³-hybridized carbons (Fsp3) is 0.556. The zero-order valence-electron chi connectivity index (χ0n) is 8.46. The number of nitrogens with one attached hydrogen (secondary N) is 1. The van der Waals surface area contributed by atoms with Crippen molar-refractivity contribution in [1.82, 2.24) is 9.78 Å². The van der Waals surface area contributed by atoms with E-state index in [9.17, 15) is 4.79 Å². The number of aryl methyl sites for hydroxylation is 1. The van der Waals surface area contributed by atoms with Gasteiger partial charge < -0.3 is 5.32 Å². The molecule has 1 rings (SSSR count). The minimum absolute atomic E-state index is 0.0382. The Kier molecular flexibility index (Phi) is 2.70.